The van der Waals surface area contributed by atoms with Crippen LogP contribution in [-0.2, 0) is 4.74 Å². The summed E-state index contributed by atoms with van der Waals surface area (Å²) in [6.45, 7) is 21.9. The first-order valence-corrected chi connectivity index (χ1v) is 12.2. The molecule has 182 valence electrons. The number of hydrogen-bond donors (Lipinski definition) is 0. The van der Waals surface area contributed by atoms with E-state index >= 15 is 0 Å². The van der Waals surface area contributed by atoms with Crippen LogP contribution in [0.4, 0.5) is 4.79 Å². The van der Waals surface area contributed by atoms with Crippen molar-refractivity contribution in [3.8, 4) is 0 Å². The van der Waals surface area contributed by atoms with Crippen LogP contribution in [-0.4, -0.2) is 60.4 Å². The monoisotopic (exact) mass is 453 g/mol. The predicted octanol–water partition coefficient (Wildman–Crippen LogP) is 6.32. The lowest BCUT2D eigenvalue weighted by Crippen LogP contribution is -2.40. The fourth-order valence-corrected chi connectivity index (χ4v) is 4.53. The number of aliphatic imine (C=N–C) groups is 1. The Kier molecular flexibility index (Phi) is 9.33. The molecule has 33 heavy (non-hydrogen) atoms. The molecule has 0 aromatic heterocycles. The van der Waals surface area contributed by atoms with Gasteiger partial charge in [-0.05, 0) is 83.6 Å². The highest BCUT2D eigenvalue weighted by Gasteiger charge is 2.27. The highest BCUT2D eigenvalue weighted by molar-refractivity contribution is 6.14. The van der Waals surface area contributed by atoms with Gasteiger partial charge in [-0.25, -0.2) is 4.79 Å². The van der Waals surface area contributed by atoms with Gasteiger partial charge < -0.3 is 14.5 Å². The van der Waals surface area contributed by atoms with Crippen molar-refractivity contribution >= 4 is 11.8 Å². The molecule has 1 atom stereocenters. The molecule has 2 rings (SSSR count). The zero-order valence-corrected chi connectivity index (χ0v) is 22.0. The van der Waals surface area contributed by atoms with Gasteiger partial charge in [-0.15, -0.1) is 0 Å². The number of carbonyl (C=O) groups is 1. The van der Waals surface area contributed by atoms with Gasteiger partial charge in [-0.1, -0.05) is 31.2 Å². The van der Waals surface area contributed by atoms with Crippen molar-refractivity contribution in [2.75, 3.05) is 33.2 Å². The van der Waals surface area contributed by atoms with Crippen molar-refractivity contribution in [1.29, 1.82) is 0 Å². The first-order valence-electron chi connectivity index (χ1n) is 12.2. The van der Waals surface area contributed by atoms with Crippen LogP contribution in [0.15, 0.2) is 63.9 Å². The van der Waals surface area contributed by atoms with E-state index in [-0.39, 0.29) is 12.0 Å². The largest absolute Gasteiger partial charge is 0.444 e. The van der Waals surface area contributed by atoms with Gasteiger partial charge in [0.25, 0.3) is 0 Å². The molecule has 0 fully saturated rings. The number of hydrogen-bond acceptors (Lipinski definition) is 4. The number of allylic oxidation sites excluding steroid dienone is 7. The Hall–Kier alpha value is -2.56. The van der Waals surface area contributed by atoms with E-state index in [4.69, 9.17) is 4.74 Å². The molecule has 0 saturated heterocycles. The number of rotatable bonds is 5. The van der Waals surface area contributed by atoms with Gasteiger partial charge in [0.1, 0.15) is 5.60 Å². The third kappa shape index (κ3) is 6.96. The minimum absolute atomic E-state index is 0.199. The van der Waals surface area contributed by atoms with Crippen molar-refractivity contribution in [2.45, 2.75) is 66.9 Å². The average Bonchev–Trinajstić information content (AvgIpc) is 2.71. The molecule has 0 unspecified atom stereocenters. The molecule has 2 aliphatic rings. The lowest BCUT2D eigenvalue weighted by atomic mass is 9.84. The van der Waals surface area contributed by atoms with E-state index in [2.05, 4.69) is 68.5 Å². The summed E-state index contributed by atoms with van der Waals surface area (Å²) in [6.07, 6.45) is 10.2. The summed E-state index contributed by atoms with van der Waals surface area (Å²) in [7, 11) is 1.86. The standard InChI is InChI=1S/C28H43N3O2/c1-10-30(11-2)24-16-12-15-23(29-9)26(24)25(20(3)4)22-14-13-17-31(19-21(5)18-22)27(32)33-28(6,7)8/h12,15-16,18,21H,3,10-11,13-14,17,19H2,1-2,4-9H3/b22-18-,26-25-,29-23-/t21-/m1/s1. The number of carbonyl (C=O) groups excluding carboxylic acids is 1. The Morgan fingerprint density at radius 1 is 1.30 bits per heavy atom. The van der Waals surface area contributed by atoms with E-state index in [1.165, 1.54) is 22.4 Å². The van der Waals surface area contributed by atoms with E-state index in [1.807, 2.05) is 32.7 Å². The molecular formula is C28H43N3O2. The van der Waals surface area contributed by atoms with Crippen LogP contribution in [0.3, 0.4) is 0 Å². The van der Waals surface area contributed by atoms with Crippen LogP contribution in [0, 0.1) is 5.92 Å². The highest BCUT2D eigenvalue weighted by Crippen LogP contribution is 2.35. The molecule has 0 radical (unpaired) electrons. The Labute approximate surface area is 201 Å². The molecule has 0 bridgehead atoms. The van der Waals surface area contributed by atoms with Gasteiger partial charge in [0.15, 0.2) is 0 Å². The van der Waals surface area contributed by atoms with E-state index in [0.29, 0.717) is 13.1 Å². The summed E-state index contributed by atoms with van der Waals surface area (Å²) in [5.74, 6) is 0.199. The van der Waals surface area contributed by atoms with E-state index in [0.717, 1.165) is 37.2 Å². The molecule has 0 spiro atoms. The molecular weight excluding hydrogens is 410 g/mol. The van der Waals surface area contributed by atoms with Gasteiger partial charge in [-0.2, -0.15) is 0 Å². The Morgan fingerprint density at radius 3 is 2.52 bits per heavy atom. The zero-order valence-electron chi connectivity index (χ0n) is 22.0. The van der Waals surface area contributed by atoms with Crippen LogP contribution < -0.4 is 0 Å². The van der Waals surface area contributed by atoms with Gasteiger partial charge in [0.05, 0.1) is 5.71 Å². The number of ether oxygens (including phenoxy) is 1. The second kappa shape index (κ2) is 11.5. The first kappa shape index (κ1) is 26.7. The zero-order chi connectivity index (χ0) is 24.8. The van der Waals surface area contributed by atoms with E-state index in [9.17, 15) is 4.79 Å². The Bertz CT molecular complexity index is 893. The van der Waals surface area contributed by atoms with Crippen molar-refractivity contribution in [3.05, 3.63) is 58.9 Å². The van der Waals surface area contributed by atoms with Crippen molar-refractivity contribution in [3.63, 3.8) is 0 Å². The van der Waals surface area contributed by atoms with Crippen molar-refractivity contribution in [2.24, 2.45) is 10.9 Å². The predicted molar refractivity (Wildman–Crippen MR) is 140 cm³/mol. The summed E-state index contributed by atoms with van der Waals surface area (Å²) in [4.78, 5) is 21.5. The molecule has 5 nitrogen and oxygen atoms in total. The molecule has 1 amide bonds. The van der Waals surface area contributed by atoms with E-state index in [1.54, 1.807) is 0 Å². The molecule has 0 saturated carbocycles. The normalized spacial score (nSPS) is 23.8. The summed E-state index contributed by atoms with van der Waals surface area (Å²) < 4.78 is 5.63. The maximum Gasteiger partial charge on any atom is 0.410 e. The molecule has 0 aromatic rings. The second-order valence-corrected chi connectivity index (χ2v) is 9.92. The molecule has 1 heterocycles. The minimum Gasteiger partial charge on any atom is -0.444 e. The van der Waals surface area contributed by atoms with Gasteiger partial charge in [0, 0.05) is 44.5 Å². The topological polar surface area (TPSA) is 45.1 Å². The fraction of sp³-hybridized carbons (Fsp3) is 0.571. The maximum atomic E-state index is 12.7. The lowest BCUT2D eigenvalue weighted by molar-refractivity contribution is 0.0230. The van der Waals surface area contributed by atoms with Gasteiger partial charge in [0.2, 0.25) is 0 Å². The first-order chi connectivity index (χ1) is 15.5. The quantitative estimate of drug-likeness (QED) is 0.489. The highest BCUT2D eigenvalue weighted by atomic mass is 16.6. The molecule has 1 aliphatic carbocycles. The number of amides is 1. The number of likely N-dealkylation sites (N-methyl/N-ethyl adjacent to an activating group) is 1. The van der Waals surface area contributed by atoms with Crippen LogP contribution in [0.2, 0.25) is 0 Å². The van der Waals surface area contributed by atoms with Crippen LogP contribution in [0.5, 0.6) is 0 Å². The Balaban J connectivity index is 2.51. The van der Waals surface area contributed by atoms with Gasteiger partial charge in [-0.3, -0.25) is 4.99 Å². The summed E-state index contributed by atoms with van der Waals surface area (Å²) in [6, 6.07) is 0. The lowest BCUT2D eigenvalue weighted by Gasteiger charge is -2.33. The molecule has 0 N–H and O–H groups in total. The maximum absolute atomic E-state index is 12.7. The van der Waals surface area contributed by atoms with Crippen LogP contribution in [0.25, 0.3) is 0 Å². The third-order valence-electron chi connectivity index (χ3n) is 5.88. The van der Waals surface area contributed by atoms with Crippen LogP contribution in [0.1, 0.15) is 61.3 Å². The summed E-state index contributed by atoms with van der Waals surface area (Å²) >= 11 is 0. The van der Waals surface area contributed by atoms with Crippen molar-refractivity contribution < 1.29 is 9.53 Å². The summed E-state index contributed by atoms with van der Waals surface area (Å²) in [5.41, 5.74) is 6.40. The average molecular weight is 454 g/mol. The molecule has 0 aromatic carbocycles. The van der Waals surface area contributed by atoms with Gasteiger partial charge >= 0.3 is 6.09 Å². The van der Waals surface area contributed by atoms with E-state index < -0.39 is 5.60 Å². The minimum atomic E-state index is -0.487. The van der Waals surface area contributed by atoms with Crippen molar-refractivity contribution in [1.82, 2.24) is 9.80 Å². The Morgan fingerprint density at radius 2 is 1.97 bits per heavy atom. The second-order valence-electron chi connectivity index (χ2n) is 9.92. The summed E-state index contributed by atoms with van der Waals surface area (Å²) in [5, 5.41) is 0. The van der Waals surface area contributed by atoms with Crippen LogP contribution >= 0.6 is 0 Å². The fourth-order valence-electron chi connectivity index (χ4n) is 4.53. The third-order valence-corrected chi connectivity index (χ3v) is 5.88. The smallest absolute Gasteiger partial charge is 0.410 e. The molecule has 5 heteroatoms. The number of nitrogens with zero attached hydrogens (tertiary/aromatic N) is 3. The SMILES string of the molecule is C=C(C)C(/C1=C\[C@@H](C)CN(C(=O)OC(C)(C)C)CCC1)=C1/C(N(CC)CC)=CC=C/C1=N/C. The molecule has 1 aliphatic heterocycles.